The monoisotopic (exact) mass is 294 g/mol. The fourth-order valence-corrected chi connectivity index (χ4v) is 4.28. The van der Waals surface area contributed by atoms with Gasteiger partial charge in [-0.25, -0.2) is 8.42 Å². The van der Waals surface area contributed by atoms with E-state index in [0.29, 0.717) is 19.5 Å². The van der Waals surface area contributed by atoms with Crippen LogP contribution < -0.4 is 0 Å². The average molecular weight is 294 g/mol. The van der Waals surface area contributed by atoms with Gasteiger partial charge in [-0.1, -0.05) is 12.1 Å². The van der Waals surface area contributed by atoms with E-state index < -0.39 is 10.0 Å². The van der Waals surface area contributed by atoms with Gasteiger partial charge in [0, 0.05) is 19.7 Å². The number of benzene rings is 1. The molecule has 20 heavy (non-hydrogen) atoms. The molecule has 6 heteroatoms. The van der Waals surface area contributed by atoms with E-state index in [1.54, 1.807) is 12.1 Å². The number of sulfonamides is 1. The lowest BCUT2D eigenvalue weighted by molar-refractivity contribution is 0.203. The maximum atomic E-state index is 12.6. The molecule has 2 rings (SSSR count). The van der Waals surface area contributed by atoms with Crippen molar-refractivity contribution in [3.63, 3.8) is 0 Å². The van der Waals surface area contributed by atoms with Gasteiger partial charge < -0.3 is 5.11 Å². The van der Waals surface area contributed by atoms with Gasteiger partial charge in [-0.3, -0.25) is 0 Å². The van der Waals surface area contributed by atoms with Crippen LogP contribution in [0.25, 0.3) is 0 Å². The molecule has 0 bridgehead atoms. The quantitative estimate of drug-likeness (QED) is 0.908. The van der Waals surface area contributed by atoms with Crippen LogP contribution in [0, 0.1) is 17.2 Å². The molecule has 108 valence electrons. The number of hydrogen-bond donors (Lipinski definition) is 1. The Morgan fingerprint density at radius 2 is 2.15 bits per heavy atom. The van der Waals surface area contributed by atoms with E-state index in [0.717, 1.165) is 12.8 Å². The van der Waals surface area contributed by atoms with E-state index in [2.05, 4.69) is 0 Å². The van der Waals surface area contributed by atoms with Crippen molar-refractivity contribution in [1.29, 1.82) is 5.26 Å². The van der Waals surface area contributed by atoms with Crippen LogP contribution in [0.2, 0.25) is 0 Å². The Morgan fingerprint density at radius 1 is 1.40 bits per heavy atom. The molecule has 1 saturated heterocycles. The molecule has 1 fully saturated rings. The van der Waals surface area contributed by atoms with Gasteiger partial charge in [0.15, 0.2) is 0 Å². The van der Waals surface area contributed by atoms with Gasteiger partial charge in [-0.15, -0.1) is 0 Å². The summed E-state index contributed by atoms with van der Waals surface area (Å²) in [6, 6.07) is 8.21. The van der Waals surface area contributed by atoms with Crippen molar-refractivity contribution in [1.82, 2.24) is 4.31 Å². The molecular weight excluding hydrogens is 276 g/mol. The minimum absolute atomic E-state index is 0.0761. The normalized spacial score (nSPS) is 20.5. The van der Waals surface area contributed by atoms with Crippen molar-refractivity contribution < 1.29 is 13.5 Å². The summed E-state index contributed by atoms with van der Waals surface area (Å²) in [5.74, 6) is 0.192. The zero-order valence-corrected chi connectivity index (χ0v) is 12.0. The molecule has 0 spiro atoms. The number of nitriles is 1. The predicted molar refractivity (Wildman–Crippen MR) is 74.3 cm³/mol. The smallest absolute Gasteiger partial charge is 0.244 e. The Labute approximate surface area is 119 Å². The number of hydrogen-bond acceptors (Lipinski definition) is 4. The third-order valence-electron chi connectivity index (χ3n) is 3.64. The summed E-state index contributed by atoms with van der Waals surface area (Å²) in [5, 5.41) is 18.0. The lowest BCUT2D eigenvalue weighted by Crippen LogP contribution is -2.40. The second-order valence-corrected chi connectivity index (χ2v) is 6.90. The van der Waals surface area contributed by atoms with E-state index in [1.165, 1.54) is 16.4 Å². The lowest BCUT2D eigenvalue weighted by atomic mass is 9.97. The average Bonchev–Trinajstić information content (AvgIpc) is 2.48. The second kappa shape index (κ2) is 6.35. The van der Waals surface area contributed by atoms with E-state index in [-0.39, 0.29) is 23.0 Å². The maximum absolute atomic E-state index is 12.6. The van der Waals surface area contributed by atoms with E-state index in [1.807, 2.05) is 6.07 Å². The number of piperidine rings is 1. The molecule has 0 aliphatic carbocycles. The highest BCUT2D eigenvalue weighted by Crippen LogP contribution is 2.26. The molecule has 1 N–H and O–H groups in total. The Hall–Kier alpha value is -1.42. The molecule has 0 amide bonds. The molecule has 1 aliphatic rings. The summed E-state index contributed by atoms with van der Waals surface area (Å²) in [5.41, 5.74) is 0.178. The maximum Gasteiger partial charge on any atom is 0.244 e. The third-order valence-corrected chi connectivity index (χ3v) is 5.57. The molecule has 1 aromatic carbocycles. The number of rotatable bonds is 4. The number of nitrogens with zero attached hydrogens (tertiary/aromatic N) is 2. The van der Waals surface area contributed by atoms with Gasteiger partial charge >= 0.3 is 0 Å². The van der Waals surface area contributed by atoms with Gasteiger partial charge in [0.1, 0.15) is 6.07 Å². The highest BCUT2D eigenvalue weighted by Gasteiger charge is 2.31. The molecule has 0 aromatic heterocycles. The molecule has 1 unspecified atom stereocenters. The Bertz CT molecular complexity index is 605. The van der Waals surface area contributed by atoms with Crippen molar-refractivity contribution in [2.45, 2.75) is 24.2 Å². The van der Waals surface area contributed by atoms with Crippen LogP contribution in [0.4, 0.5) is 0 Å². The minimum atomic E-state index is -3.63. The van der Waals surface area contributed by atoms with Gasteiger partial charge in [0.05, 0.1) is 10.5 Å². The third kappa shape index (κ3) is 3.01. The largest absolute Gasteiger partial charge is 0.396 e. The zero-order valence-electron chi connectivity index (χ0n) is 11.2. The fraction of sp³-hybridized carbons (Fsp3) is 0.500. The zero-order chi connectivity index (χ0) is 14.6. The van der Waals surface area contributed by atoms with Gasteiger partial charge in [0.2, 0.25) is 10.0 Å². The van der Waals surface area contributed by atoms with E-state index >= 15 is 0 Å². The first-order valence-corrected chi connectivity index (χ1v) is 8.13. The summed E-state index contributed by atoms with van der Waals surface area (Å²) < 4.78 is 26.7. The molecule has 1 aliphatic heterocycles. The van der Waals surface area contributed by atoms with E-state index in [4.69, 9.17) is 10.4 Å². The van der Waals surface area contributed by atoms with Crippen LogP contribution in [0.3, 0.4) is 0 Å². The van der Waals surface area contributed by atoms with Gasteiger partial charge in [-0.2, -0.15) is 9.57 Å². The summed E-state index contributed by atoms with van der Waals surface area (Å²) in [6.07, 6.45) is 2.34. The second-order valence-electron chi connectivity index (χ2n) is 4.99. The van der Waals surface area contributed by atoms with Crippen LogP contribution >= 0.6 is 0 Å². The molecule has 1 atom stereocenters. The molecule has 5 nitrogen and oxygen atoms in total. The van der Waals surface area contributed by atoms with Gasteiger partial charge in [0.25, 0.3) is 0 Å². The van der Waals surface area contributed by atoms with Crippen molar-refractivity contribution in [3.05, 3.63) is 29.8 Å². The number of aliphatic hydroxyl groups excluding tert-OH is 1. The summed E-state index contributed by atoms with van der Waals surface area (Å²) in [4.78, 5) is 0.0761. The first-order chi connectivity index (χ1) is 9.59. The lowest BCUT2D eigenvalue weighted by Gasteiger charge is -2.31. The molecule has 0 saturated carbocycles. The standard InChI is InChI=1S/C14H18N2O3S/c15-10-13-5-1-2-6-14(13)20(18,19)16-8-3-4-12(11-16)7-9-17/h1-2,5-6,12,17H,3-4,7-9,11H2. The molecule has 0 radical (unpaired) electrons. The van der Waals surface area contributed by atoms with Crippen molar-refractivity contribution >= 4 is 10.0 Å². The van der Waals surface area contributed by atoms with Gasteiger partial charge in [-0.05, 0) is 37.3 Å². The van der Waals surface area contributed by atoms with Crippen LogP contribution in [-0.2, 0) is 10.0 Å². The Kier molecular flexibility index (Phi) is 4.76. The van der Waals surface area contributed by atoms with Crippen molar-refractivity contribution in [2.24, 2.45) is 5.92 Å². The highest BCUT2D eigenvalue weighted by atomic mass is 32.2. The van der Waals surface area contributed by atoms with Crippen LogP contribution in [0.5, 0.6) is 0 Å². The van der Waals surface area contributed by atoms with E-state index in [9.17, 15) is 8.42 Å². The molecular formula is C14H18N2O3S. The topological polar surface area (TPSA) is 81.4 Å². The molecule has 1 heterocycles. The van der Waals surface area contributed by atoms with Crippen LogP contribution in [0.15, 0.2) is 29.2 Å². The Balaban J connectivity index is 2.28. The highest BCUT2D eigenvalue weighted by molar-refractivity contribution is 7.89. The molecule has 1 aromatic rings. The van der Waals surface area contributed by atoms with Crippen LogP contribution in [0.1, 0.15) is 24.8 Å². The Morgan fingerprint density at radius 3 is 2.85 bits per heavy atom. The van der Waals surface area contributed by atoms with Crippen LogP contribution in [-0.4, -0.2) is 37.5 Å². The summed E-state index contributed by atoms with van der Waals surface area (Å²) in [6.45, 7) is 0.972. The summed E-state index contributed by atoms with van der Waals surface area (Å²) in [7, 11) is -3.63. The fourth-order valence-electron chi connectivity index (χ4n) is 2.59. The van der Waals surface area contributed by atoms with Crippen molar-refractivity contribution in [3.8, 4) is 6.07 Å². The summed E-state index contributed by atoms with van der Waals surface area (Å²) >= 11 is 0. The predicted octanol–water partition coefficient (Wildman–Crippen LogP) is 1.34. The first-order valence-electron chi connectivity index (χ1n) is 6.69. The SMILES string of the molecule is N#Cc1ccccc1S(=O)(=O)N1CCCC(CCO)C1. The minimum Gasteiger partial charge on any atom is -0.396 e. The number of aliphatic hydroxyl groups is 1. The van der Waals surface area contributed by atoms with Crippen molar-refractivity contribution in [2.75, 3.05) is 19.7 Å². The first kappa shape index (κ1) is 15.0.